The molecule has 5 rings (SSSR count). The Balaban J connectivity index is 1.49. The summed E-state index contributed by atoms with van der Waals surface area (Å²) < 4.78 is 21.5. The van der Waals surface area contributed by atoms with E-state index in [9.17, 15) is 9.18 Å². The summed E-state index contributed by atoms with van der Waals surface area (Å²) in [5.74, 6) is 0.138. The van der Waals surface area contributed by atoms with E-state index < -0.39 is 0 Å². The van der Waals surface area contributed by atoms with E-state index in [2.05, 4.69) is 20.3 Å². The number of anilines is 2. The van der Waals surface area contributed by atoms with Gasteiger partial charge in [-0.25, -0.2) is 14.4 Å². The van der Waals surface area contributed by atoms with E-state index in [1.54, 1.807) is 42.7 Å². The molecular formula is C25H24FN7O2. The van der Waals surface area contributed by atoms with Gasteiger partial charge in [-0.3, -0.25) is 14.5 Å². The molecule has 0 spiro atoms. The van der Waals surface area contributed by atoms with Crippen molar-refractivity contribution in [3.8, 4) is 17.3 Å². The Morgan fingerprint density at radius 1 is 1.17 bits per heavy atom. The molecule has 1 aliphatic rings. The van der Waals surface area contributed by atoms with Crippen LogP contribution in [0.3, 0.4) is 0 Å². The second-order valence-electron chi connectivity index (χ2n) is 8.25. The van der Waals surface area contributed by atoms with Gasteiger partial charge in [0.1, 0.15) is 11.5 Å². The van der Waals surface area contributed by atoms with E-state index >= 15 is 0 Å². The number of hydrogen-bond acceptors (Lipinski definition) is 7. The zero-order valence-electron chi connectivity index (χ0n) is 19.2. The van der Waals surface area contributed by atoms with Crippen molar-refractivity contribution in [3.05, 3.63) is 77.1 Å². The predicted molar refractivity (Wildman–Crippen MR) is 128 cm³/mol. The van der Waals surface area contributed by atoms with Crippen LogP contribution in [-0.4, -0.2) is 37.7 Å². The van der Waals surface area contributed by atoms with Crippen molar-refractivity contribution in [2.45, 2.75) is 32.2 Å². The van der Waals surface area contributed by atoms with E-state index in [1.165, 1.54) is 13.2 Å². The van der Waals surface area contributed by atoms with Gasteiger partial charge in [-0.2, -0.15) is 5.10 Å². The van der Waals surface area contributed by atoms with Crippen molar-refractivity contribution < 1.29 is 13.9 Å². The first-order chi connectivity index (χ1) is 17.0. The summed E-state index contributed by atoms with van der Waals surface area (Å²) in [5, 5.41) is 7.55. The second kappa shape index (κ2) is 9.49. The number of ether oxygens (including phenoxy) is 1. The Kier molecular flexibility index (Phi) is 6.09. The number of nitrogens with zero attached hydrogens (tertiary/aromatic N) is 5. The van der Waals surface area contributed by atoms with Gasteiger partial charge in [-0.05, 0) is 37.5 Å². The highest BCUT2D eigenvalue weighted by Crippen LogP contribution is 2.34. The highest BCUT2D eigenvalue weighted by atomic mass is 19.1. The van der Waals surface area contributed by atoms with Crippen LogP contribution in [0.5, 0.6) is 5.75 Å². The first kappa shape index (κ1) is 22.5. The lowest BCUT2D eigenvalue weighted by atomic mass is 10.1. The molecule has 1 aliphatic carbocycles. The molecule has 0 saturated carbocycles. The summed E-state index contributed by atoms with van der Waals surface area (Å²) >= 11 is 0. The van der Waals surface area contributed by atoms with Crippen LogP contribution in [0.2, 0.25) is 0 Å². The number of nitrogen functional groups attached to an aromatic ring is 1. The molecule has 0 bridgehead atoms. The van der Waals surface area contributed by atoms with Crippen LogP contribution >= 0.6 is 0 Å². The maximum Gasteiger partial charge on any atom is 0.230 e. The maximum absolute atomic E-state index is 14.3. The molecular weight excluding hydrogens is 449 g/mol. The lowest BCUT2D eigenvalue weighted by molar-refractivity contribution is -0.115. The number of benzene rings is 1. The topological polar surface area (TPSA) is 121 Å². The van der Waals surface area contributed by atoms with Crippen molar-refractivity contribution in [2.24, 2.45) is 0 Å². The minimum atomic E-state index is -0.283. The minimum Gasteiger partial charge on any atom is -0.491 e. The molecule has 3 aromatic heterocycles. The lowest BCUT2D eigenvalue weighted by Crippen LogP contribution is -2.17. The summed E-state index contributed by atoms with van der Waals surface area (Å²) in [5.41, 5.74) is 10.4. The summed E-state index contributed by atoms with van der Waals surface area (Å²) in [7, 11) is 1.46. The molecule has 10 heteroatoms. The number of halogens is 1. The van der Waals surface area contributed by atoms with E-state index in [4.69, 9.17) is 15.6 Å². The number of pyridine rings is 1. The van der Waals surface area contributed by atoms with E-state index in [0.717, 1.165) is 30.5 Å². The summed E-state index contributed by atoms with van der Waals surface area (Å²) in [6, 6.07) is 10.1. The number of hydrogen-bond donors (Lipinski definition) is 2. The Hall–Kier alpha value is -4.34. The Labute approximate surface area is 201 Å². The Morgan fingerprint density at radius 3 is 2.74 bits per heavy atom. The van der Waals surface area contributed by atoms with Gasteiger partial charge >= 0.3 is 0 Å². The monoisotopic (exact) mass is 473 g/mol. The molecule has 0 radical (unpaired) electrons. The van der Waals surface area contributed by atoms with Crippen molar-refractivity contribution >= 4 is 17.4 Å². The number of amides is 1. The van der Waals surface area contributed by atoms with Crippen LogP contribution in [0.1, 0.15) is 28.9 Å². The maximum atomic E-state index is 14.3. The highest BCUT2D eigenvalue weighted by Gasteiger charge is 2.27. The van der Waals surface area contributed by atoms with E-state index in [0.29, 0.717) is 35.0 Å². The highest BCUT2D eigenvalue weighted by molar-refractivity contribution is 5.92. The molecule has 178 valence electrons. The van der Waals surface area contributed by atoms with Crippen LogP contribution in [0.4, 0.5) is 15.9 Å². The molecule has 1 aromatic carbocycles. The van der Waals surface area contributed by atoms with Gasteiger partial charge in [-0.15, -0.1) is 0 Å². The summed E-state index contributed by atoms with van der Waals surface area (Å²) in [4.78, 5) is 25.7. The number of methoxy groups -OCH3 is 1. The van der Waals surface area contributed by atoms with Gasteiger partial charge < -0.3 is 15.8 Å². The van der Waals surface area contributed by atoms with E-state index in [-0.39, 0.29) is 29.7 Å². The fourth-order valence-electron chi connectivity index (χ4n) is 4.36. The molecule has 1 amide bonds. The zero-order chi connectivity index (χ0) is 24.4. The normalized spacial score (nSPS) is 12.4. The molecule has 9 nitrogen and oxygen atoms in total. The average Bonchev–Trinajstić information content (AvgIpc) is 3.45. The molecule has 0 aliphatic heterocycles. The SMILES string of the molecule is COc1c(N)nc(-c2nn(Cc3ccccc3F)c3c2CCC3)nc1CC(=O)Nc1ccncc1. The lowest BCUT2D eigenvalue weighted by Gasteiger charge is -2.12. The fourth-order valence-corrected chi connectivity index (χ4v) is 4.36. The van der Waals surface area contributed by atoms with Gasteiger partial charge in [0, 0.05) is 34.9 Å². The van der Waals surface area contributed by atoms with E-state index in [1.807, 2.05) is 4.68 Å². The number of nitrogens with two attached hydrogens (primary N) is 1. The molecule has 0 unspecified atom stereocenters. The van der Waals surface area contributed by atoms with Crippen LogP contribution < -0.4 is 15.8 Å². The largest absolute Gasteiger partial charge is 0.491 e. The van der Waals surface area contributed by atoms with Crippen LogP contribution in [0.15, 0.2) is 48.8 Å². The van der Waals surface area contributed by atoms with Gasteiger partial charge in [0.15, 0.2) is 17.4 Å². The third-order valence-electron chi connectivity index (χ3n) is 5.95. The van der Waals surface area contributed by atoms with Crippen LogP contribution in [0, 0.1) is 5.82 Å². The summed E-state index contributed by atoms with van der Waals surface area (Å²) in [6.45, 7) is 0.307. The number of carbonyl (C=O) groups is 1. The van der Waals surface area contributed by atoms with Crippen molar-refractivity contribution in [1.29, 1.82) is 0 Å². The quantitative estimate of drug-likeness (QED) is 0.423. The molecule has 0 fully saturated rings. The third kappa shape index (κ3) is 4.54. The molecule has 3 heterocycles. The first-order valence-corrected chi connectivity index (χ1v) is 11.3. The molecule has 0 atom stereocenters. The van der Waals surface area contributed by atoms with Crippen molar-refractivity contribution in [3.63, 3.8) is 0 Å². The minimum absolute atomic E-state index is 0.0661. The molecule has 3 N–H and O–H groups in total. The zero-order valence-corrected chi connectivity index (χ0v) is 19.2. The van der Waals surface area contributed by atoms with Gasteiger partial charge in [0.25, 0.3) is 0 Å². The fraction of sp³-hybridized carbons (Fsp3) is 0.240. The van der Waals surface area contributed by atoms with Crippen molar-refractivity contribution in [1.82, 2.24) is 24.7 Å². The predicted octanol–water partition coefficient (Wildman–Crippen LogP) is 3.18. The van der Waals surface area contributed by atoms with Gasteiger partial charge in [-0.1, -0.05) is 18.2 Å². The number of rotatable bonds is 7. The number of fused-ring (bicyclic) bond motifs is 1. The number of carbonyl (C=O) groups excluding carboxylic acids is 1. The smallest absolute Gasteiger partial charge is 0.230 e. The number of nitrogens with one attached hydrogen (secondary N) is 1. The molecule has 4 aromatic rings. The van der Waals surface area contributed by atoms with Crippen molar-refractivity contribution in [2.75, 3.05) is 18.2 Å². The number of aromatic nitrogens is 5. The molecule has 0 saturated heterocycles. The van der Waals surface area contributed by atoms with Crippen LogP contribution in [-0.2, 0) is 30.6 Å². The summed E-state index contributed by atoms with van der Waals surface area (Å²) in [6.07, 6.45) is 5.73. The molecule has 35 heavy (non-hydrogen) atoms. The standard InChI is InChI=1S/C25H24FN7O2/c1-35-23-19(13-21(34)29-16-9-11-28-12-10-16)30-25(31-24(23)27)22-17-6-4-8-20(17)33(32-22)14-15-5-2-3-7-18(15)26/h2-3,5,7,9-12H,4,6,8,13-14H2,1H3,(H2,27,30,31)(H,28,29,34). The second-order valence-corrected chi connectivity index (χ2v) is 8.25. The van der Waals surface area contributed by atoms with Gasteiger partial charge in [0.05, 0.1) is 25.8 Å². The first-order valence-electron chi connectivity index (χ1n) is 11.3. The third-order valence-corrected chi connectivity index (χ3v) is 5.95. The van der Waals surface area contributed by atoms with Crippen LogP contribution in [0.25, 0.3) is 11.5 Å². The average molecular weight is 474 g/mol. The Morgan fingerprint density at radius 2 is 1.97 bits per heavy atom. The van der Waals surface area contributed by atoms with Gasteiger partial charge in [0.2, 0.25) is 5.91 Å². The Bertz CT molecular complexity index is 1390.